The van der Waals surface area contributed by atoms with Gasteiger partial charge < -0.3 is 25.2 Å². The lowest BCUT2D eigenvalue weighted by Gasteiger charge is -2.29. The average molecular weight is 461 g/mol. The summed E-state index contributed by atoms with van der Waals surface area (Å²) >= 11 is 11.8. The first-order valence-electron chi connectivity index (χ1n) is 10.9. The van der Waals surface area contributed by atoms with Gasteiger partial charge in [0.25, 0.3) is 0 Å². The molecule has 0 unspecified atom stereocenters. The minimum atomic E-state index is 0.473. The van der Waals surface area contributed by atoms with E-state index in [0.29, 0.717) is 35.8 Å². The second-order valence-electron chi connectivity index (χ2n) is 7.81. The van der Waals surface area contributed by atoms with Crippen molar-refractivity contribution in [2.24, 2.45) is 0 Å². The highest BCUT2D eigenvalue weighted by molar-refractivity contribution is 7.80. The van der Waals surface area contributed by atoms with Crippen molar-refractivity contribution in [3.05, 3.63) is 40.9 Å². The van der Waals surface area contributed by atoms with Gasteiger partial charge in [0.1, 0.15) is 11.6 Å². The van der Waals surface area contributed by atoms with E-state index < -0.39 is 0 Å². The number of hydrogen-bond acceptors (Lipinski definition) is 6. The molecule has 0 aliphatic carbocycles. The predicted molar refractivity (Wildman–Crippen MR) is 130 cm³/mol. The van der Waals surface area contributed by atoms with Gasteiger partial charge >= 0.3 is 0 Å². The summed E-state index contributed by atoms with van der Waals surface area (Å²) in [6, 6.07) is 9.82. The maximum absolute atomic E-state index is 6.25. The van der Waals surface area contributed by atoms with Crippen LogP contribution in [0.5, 0.6) is 0 Å². The van der Waals surface area contributed by atoms with E-state index in [9.17, 15) is 0 Å². The summed E-state index contributed by atoms with van der Waals surface area (Å²) in [6.45, 7) is 5.65. The Labute approximate surface area is 194 Å². The smallest absolute Gasteiger partial charge is 0.232 e. The van der Waals surface area contributed by atoms with Gasteiger partial charge in [-0.3, -0.25) is 0 Å². The number of nitrogens with zero attached hydrogens (tertiary/aromatic N) is 4. The third-order valence-corrected chi connectivity index (χ3v) is 6.20. The lowest BCUT2D eigenvalue weighted by molar-refractivity contribution is 0.122. The van der Waals surface area contributed by atoms with Crippen molar-refractivity contribution in [3.63, 3.8) is 0 Å². The van der Waals surface area contributed by atoms with Crippen LogP contribution in [0.25, 0.3) is 0 Å². The Bertz CT molecular complexity index is 884. The van der Waals surface area contributed by atoms with Crippen molar-refractivity contribution in [3.8, 4) is 0 Å². The molecule has 1 aromatic heterocycles. The van der Waals surface area contributed by atoms with E-state index in [0.717, 1.165) is 43.4 Å². The fourth-order valence-electron chi connectivity index (χ4n) is 3.86. The lowest BCUT2D eigenvalue weighted by Crippen LogP contribution is -2.37. The van der Waals surface area contributed by atoms with Gasteiger partial charge in [0.05, 0.1) is 13.2 Å². The Morgan fingerprint density at radius 3 is 2.29 bits per heavy atom. The van der Waals surface area contributed by atoms with E-state index in [2.05, 4.69) is 26.5 Å². The molecule has 0 bridgehead atoms. The Morgan fingerprint density at radius 1 is 0.968 bits per heavy atom. The highest BCUT2D eigenvalue weighted by Crippen LogP contribution is 2.24. The molecule has 31 heavy (non-hydrogen) atoms. The normalized spacial score (nSPS) is 17.2. The van der Waals surface area contributed by atoms with Crippen LogP contribution in [0.15, 0.2) is 30.3 Å². The number of anilines is 3. The molecule has 0 amide bonds. The van der Waals surface area contributed by atoms with Gasteiger partial charge in [-0.2, -0.15) is 9.97 Å². The van der Waals surface area contributed by atoms with Crippen LogP contribution in [0, 0.1) is 0 Å². The highest BCUT2D eigenvalue weighted by atomic mass is 35.5. The Hall–Kier alpha value is -2.16. The highest BCUT2D eigenvalue weighted by Gasteiger charge is 2.19. The number of nitrogens with one attached hydrogen (secondary N) is 2. The molecule has 3 heterocycles. The third kappa shape index (κ3) is 6.18. The zero-order valence-electron chi connectivity index (χ0n) is 17.6. The summed E-state index contributed by atoms with van der Waals surface area (Å²) in [6.07, 6.45) is 4.94. The number of thiocarbonyl (C=S) groups is 1. The summed E-state index contributed by atoms with van der Waals surface area (Å²) in [5, 5.41) is 7.57. The molecule has 0 saturated carbocycles. The molecule has 1 aromatic carbocycles. The molecule has 7 nitrogen and oxygen atoms in total. The fourth-order valence-corrected chi connectivity index (χ4v) is 4.22. The molecule has 166 valence electrons. The van der Waals surface area contributed by atoms with Gasteiger partial charge in [0.2, 0.25) is 5.95 Å². The van der Waals surface area contributed by atoms with Crippen molar-refractivity contribution in [2.45, 2.75) is 32.2 Å². The molecular formula is C22H29ClN6OS. The summed E-state index contributed by atoms with van der Waals surface area (Å²) in [5.41, 5.74) is 0.988. The van der Waals surface area contributed by atoms with Crippen LogP contribution in [-0.4, -0.2) is 54.5 Å². The molecule has 2 fully saturated rings. The van der Waals surface area contributed by atoms with Crippen LogP contribution in [0.2, 0.25) is 5.02 Å². The van der Waals surface area contributed by atoms with Crippen molar-refractivity contribution >= 4 is 46.5 Å². The first-order chi connectivity index (χ1) is 15.2. The molecular weight excluding hydrogens is 432 g/mol. The predicted octanol–water partition coefficient (Wildman–Crippen LogP) is 3.83. The van der Waals surface area contributed by atoms with Crippen molar-refractivity contribution in [2.75, 3.05) is 54.5 Å². The van der Waals surface area contributed by atoms with E-state index in [-0.39, 0.29) is 0 Å². The van der Waals surface area contributed by atoms with Gasteiger partial charge in [-0.05, 0) is 36.7 Å². The Kier molecular flexibility index (Phi) is 7.77. The summed E-state index contributed by atoms with van der Waals surface area (Å²) in [5.74, 6) is 2.38. The second-order valence-corrected chi connectivity index (χ2v) is 8.62. The molecule has 2 aliphatic heterocycles. The number of hydrogen-bond donors (Lipinski definition) is 2. The topological polar surface area (TPSA) is 65.6 Å². The molecule has 2 aliphatic rings. The Balaban J connectivity index is 1.50. The average Bonchev–Trinajstić information content (AvgIpc) is 3.09. The lowest BCUT2D eigenvalue weighted by atomic mass is 10.2. The summed E-state index contributed by atoms with van der Waals surface area (Å²) < 4.78 is 5.51. The molecule has 0 spiro atoms. The van der Waals surface area contributed by atoms with Crippen molar-refractivity contribution in [1.82, 2.24) is 15.3 Å². The van der Waals surface area contributed by atoms with E-state index in [1.165, 1.54) is 25.7 Å². The first kappa shape index (κ1) is 22.0. The first-order valence-corrected chi connectivity index (χ1v) is 11.7. The number of aromatic nitrogens is 2. The maximum atomic E-state index is 6.25. The largest absolute Gasteiger partial charge is 0.378 e. The molecule has 4 rings (SSSR count). The zero-order chi connectivity index (χ0) is 21.5. The second kappa shape index (κ2) is 10.9. The van der Waals surface area contributed by atoms with Gasteiger partial charge in [-0.25, -0.2) is 0 Å². The van der Waals surface area contributed by atoms with Crippen LogP contribution in [0.4, 0.5) is 17.6 Å². The van der Waals surface area contributed by atoms with Crippen LogP contribution in [0.3, 0.4) is 0 Å². The number of morpholine rings is 1. The number of benzene rings is 1. The van der Waals surface area contributed by atoms with Crippen molar-refractivity contribution in [1.29, 1.82) is 0 Å². The van der Waals surface area contributed by atoms with E-state index in [1.807, 2.05) is 24.3 Å². The van der Waals surface area contributed by atoms with Crippen LogP contribution in [0.1, 0.15) is 31.2 Å². The fraction of sp³-hybridized carbons (Fsp3) is 0.500. The minimum absolute atomic E-state index is 0.473. The van der Waals surface area contributed by atoms with Gasteiger partial charge in [0, 0.05) is 43.8 Å². The van der Waals surface area contributed by atoms with Crippen LogP contribution in [-0.2, 0) is 11.3 Å². The van der Waals surface area contributed by atoms with Crippen molar-refractivity contribution < 1.29 is 4.74 Å². The number of ether oxygens (including phenoxy) is 1. The molecule has 9 heteroatoms. The Morgan fingerprint density at radius 2 is 1.61 bits per heavy atom. The molecule has 0 radical (unpaired) electrons. The third-order valence-electron chi connectivity index (χ3n) is 5.59. The van der Waals surface area contributed by atoms with Gasteiger partial charge in [-0.15, -0.1) is 0 Å². The molecule has 2 aromatic rings. The molecule has 2 saturated heterocycles. The monoisotopic (exact) mass is 460 g/mol. The quantitative estimate of drug-likeness (QED) is 0.652. The van der Waals surface area contributed by atoms with Crippen LogP contribution < -0.4 is 20.4 Å². The van der Waals surface area contributed by atoms with E-state index >= 15 is 0 Å². The van der Waals surface area contributed by atoms with Gasteiger partial charge in [0.15, 0.2) is 5.11 Å². The van der Waals surface area contributed by atoms with E-state index in [1.54, 1.807) is 0 Å². The summed E-state index contributed by atoms with van der Waals surface area (Å²) in [4.78, 5) is 14.2. The molecule has 2 N–H and O–H groups in total. The molecule has 0 atom stereocenters. The SMILES string of the molecule is S=C(NCc1ccccc1Cl)Nc1nc(N2CCCCCC2)cc(N2CCOCC2)n1. The number of rotatable bonds is 5. The summed E-state index contributed by atoms with van der Waals surface area (Å²) in [7, 11) is 0. The van der Waals surface area contributed by atoms with E-state index in [4.69, 9.17) is 38.5 Å². The maximum Gasteiger partial charge on any atom is 0.232 e. The van der Waals surface area contributed by atoms with Crippen LogP contribution >= 0.6 is 23.8 Å². The number of halogens is 1. The minimum Gasteiger partial charge on any atom is -0.378 e. The zero-order valence-corrected chi connectivity index (χ0v) is 19.2. The standard InChI is InChI=1S/C22H29ClN6OS/c23-18-8-4-3-7-17(18)16-24-22(31)27-21-25-19(28-9-5-1-2-6-10-28)15-20(26-21)29-11-13-30-14-12-29/h3-4,7-8,15H,1-2,5-6,9-14,16H2,(H2,24,25,26,27,31). The van der Waals surface area contributed by atoms with Gasteiger partial charge in [-0.1, -0.05) is 42.6 Å².